The van der Waals surface area contributed by atoms with E-state index in [-0.39, 0.29) is 5.91 Å². The zero-order valence-electron chi connectivity index (χ0n) is 13.0. The number of fused-ring (bicyclic) bond motifs is 2. The Morgan fingerprint density at radius 1 is 1.26 bits per heavy atom. The molecule has 3 heteroatoms. The van der Waals surface area contributed by atoms with Crippen LogP contribution in [0, 0.1) is 16.7 Å². The van der Waals surface area contributed by atoms with Gasteiger partial charge in [0.25, 0.3) is 0 Å². The van der Waals surface area contributed by atoms with Crippen LogP contribution in [0.3, 0.4) is 0 Å². The molecule has 0 heterocycles. The quantitative estimate of drug-likeness (QED) is 0.776. The molecule has 2 aliphatic rings. The fraction of sp³-hybridized carbons (Fsp3) is 0.938. The van der Waals surface area contributed by atoms with Crippen LogP contribution in [0.25, 0.3) is 0 Å². The third-order valence-electron chi connectivity index (χ3n) is 5.54. The molecular formula is C16H30N2O. The first-order valence-electron chi connectivity index (χ1n) is 7.90. The fourth-order valence-corrected chi connectivity index (χ4v) is 4.49. The molecule has 2 rings (SSSR count). The highest BCUT2D eigenvalue weighted by molar-refractivity contribution is 5.75. The SMILES string of the molecule is CCCNC(=O)CCNC1C(C)(C)[C@H]2CC[C@]1(C)C2. The molecular weight excluding hydrogens is 236 g/mol. The molecule has 3 nitrogen and oxygen atoms in total. The average molecular weight is 266 g/mol. The molecule has 2 saturated carbocycles. The van der Waals surface area contributed by atoms with Gasteiger partial charge in [0.2, 0.25) is 5.91 Å². The molecule has 2 N–H and O–H groups in total. The van der Waals surface area contributed by atoms with Gasteiger partial charge in [0.15, 0.2) is 0 Å². The van der Waals surface area contributed by atoms with Gasteiger partial charge >= 0.3 is 0 Å². The molecule has 0 aliphatic heterocycles. The van der Waals surface area contributed by atoms with Crippen molar-refractivity contribution < 1.29 is 4.79 Å². The second kappa shape index (κ2) is 5.43. The monoisotopic (exact) mass is 266 g/mol. The van der Waals surface area contributed by atoms with Crippen molar-refractivity contribution in [1.29, 1.82) is 0 Å². The largest absolute Gasteiger partial charge is 0.356 e. The number of amides is 1. The standard InChI is InChI=1S/C16H30N2O/c1-5-9-17-13(19)7-10-18-14-15(2,3)12-6-8-16(14,4)11-12/h12,14,18H,5-11H2,1-4H3,(H,17,19)/t12-,14?,16+/m0/s1. The maximum atomic E-state index is 11.6. The van der Waals surface area contributed by atoms with Crippen LogP contribution in [-0.4, -0.2) is 25.0 Å². The van der Waals surface area contributed by atoms with Gasteiger partial charge in [-0.05, 0) is 42.4 Å². The molecule has 1 unspecified atom stereocenters. The summed E-state index contributed by atoms with van der Waals surface area (Å²) in [6.07, 6.45) is 5.71. The van der Waals surface area contributed by atoms with E-state index in [4.69, 9.17) is 0 Å². The molecule has 2 bridgehead atoms. The van der Waals surface area contributed by atoms with Crippen molar-refractivity contribution in [2.75, 3.05) is 13.1 Å². The van der Waals surface area contributed by atoms with E-state index in [1.54, 1.807) is 0 Å². The van der Waals surface area contributed by atoms with Crippen LogP contribution in [0.5, 0.6) is 0 Å². The van der Waals surface area contributed by atoms with E-state index < -0.39 is 0 Å². The summed E-state index contributed by atoms with van der Waals surface area (Å²) in [5.41, 5.74) is 0.834. The summed E-state index contributed by atoms with van der Waals surface area (Å²) >= 11 is 0. The third-order valence-corrected chi connectivity index (χ3v) is 5.54. The molecule has 0 aromatic rings. The van der Waals surface area contributed by atoms with Gasteiger partial charge in [-0.25, -0.2) is 0 Å². The van der Waals surface area contributed by atoms with Crippen LogP contribution in [-0.2, 0) is 4.79 Å². The minimum absolute atomic E-state index is 0.181. The summed E-state index contributed by atoms with van der Waals surface area (Å²) < 4.78 is 0. The summed E-state index contributed by atoms with van der Waals surface area (Å²) in [5.74, 6) is 1.05. The van der Waals surface area contributed by atoms with E-state index >= 15 is 0 Å². The van der Waals surface area contributed by atoms with Crippen LogP contribution in [0.2, 0.25) is 0 Å². The van der Waals surface area contributed by atoms with E-state index in [2.05, 4.69) is 38.3 Å². The molecule has 3 atom stereocenters. The van der Waals surface area contributed by atoms with E-state index in [9.17, 15) is 4.79 Å². The Morgan fingerprint density at radius 2 is 2.00 bits per heavy atom. The summed E-state index contributed by atoms with van der Waals surface area (Å²) in [6, 6.07) is 0.567. The van der Waals surface area contributed by atoms with Gasteiger partial charge in [-0.3, -0.25) is 4.79 Å². The van der Waals surface area contributed by atoms with Crippen LogP contribution in [0.4, 0.5) is 0 Å². The van der Waals surface area contributed by atoms with Crippen molar-refractivity contribution >= 4 is 5.91 Å². The highest BCUT2D eigenvalue weighted by Crippen LogP contribution is 2.62. The van der Waals surface area contributed by atoms with E-state index in [0.29, 0.717) is 23.3 Å². The Labute approximate surface area is 117 Å². The number of hydrogen-bond donors (Lipinski definition) is 2. The molecule has 0 aromatic heterocycles. The highest BCUT2D eigenvalue weighted by Gasteiger charge is 2.58. The van der Waals surface area contributed by atoms with Crippen LogP contribution in [0.1, 0.15) is 59.8 Å². The van der Waals surface area contributed by atoms with Crippen LogP contribution in [0.15, 0.2) is 0 Å². The Kier molecular flexibility index (Phi) is 4.24. The molecule has 19 heavy (non-hydrogen) atoms. The number of nitrogens with one attached hydrogen (secondary N) is 2. The van der Waals surface area contributed by atoms with Gasteiger partial charge in [0.1, 0.15) is 0 Å². The van der Waals surface area contributed by atoms with Crippen LogP contribution >= 0.6 is 0 Å². The lowest BCUT2D eigenvalue weighted by Gasteiger charge is -2.43. The zero-order chi connectivity index (χ0) is 14.1. The van der Waals surface area contributed by atoms with Crippen molar-refractivity contribution in [3.63, 3.8) is 0 Å². The second-order valence-electron chi connectivity index (χ2n) is 7.40. The maximum absolute atomic E-state index is 11.6. The predicted molar refractivity (Wildman–Crippen MR) is 78.9 cm³/mol. The highest BCUT2D eigenvalue weighted by atomic mass is 16.1. The summed E-state index contributed by atoms with van der Waals surface area (Å²) in [4.78, 5) is 11.6. The number of carbonyl (C=O) groups excluding carboxylic acids is 1. The molecule has 0 radical (unpaired) electrons. The van der Waals surface area contributed by atoms with Crippen LogP contribution < -0.4 is 10.6 Å². The summed E-state index contributed by atoms with van der Waals surface area (Å²) in [5, 5.41) is 6.63. The van der Waals surface area contributed by atoms with E-state index in [1.165, 1.54) is 19.3 Å². The smallest absolute Gasteiger partial charge is 0.221 e. The minimum atomic E-state index is 0.181. The first kappa shape index (κ1) is 14.8. The first-order valence-corrected chi connectivity index (χ1v) is 7.90. The normalized spacial score (nSPS) is 35.6. The van der Waals surface area contributed by atoms with Gasteiger partial charge in [-0.1, -0.05) is 27.7 Å². The second-order valence-corrected chi connectivity index (χ2v) is 7.40. The minimum Gasteiger partial charge on any atom is -0.356 e. The summed E-state index contributed by atoms with van der Waals surface area (Å²) in [6.45, 7) is 10.9. The Morgan fingerprint density at radius 3 is 2.58 bits per heavy atom. The first-order chi connectivity index (χ1) is 8.90. The lowest BCUT2D eigenvalue weighted by Crippen LogP contribution is -2.51. The van der Waals surface area contributed by atoms with Gasteiger partial charge in [-0.15, -0.1) is 0 Å². The molecule has 2 aliphatic carbocycles. The lowest BCUT2D eigenvalue weighted by molar-refractivity contribution is -0.121. The average Bonchev–Trinajstić information content (AvgIpc) is 2.82. The maximum Gasteiger partial charge on any atom is 0.221 e. The molecule has 2 fully saturated rings. The third kappa shape index (κ3) is 2.81. The number of carbonyl (C=O) groups is 1. The van der Waals surface area contributed by atoms with Crippen molar-refractivity contribution in [2.24, 2.45) is 16.7 Å². The summed E-state index contributed by atoms with van der Waals surface area (Å²) in [7, 11) is 0. The predicted octanol–water partition coefficient (Wildman–Crippen LogP) is 2.71. The van der Waals surface area contributed by atoms with Crippen molar-refractivity contribution in [1.82, 2.24) is 10.6 Å². The Hall–Kier alpha value is -0.570. The van der Waals surface area contributed by atoms with Gasteiger partial charge in [0.05, 0.1) is 0 Å². The van der Waals surface area contributed by atoms with Gasteiger partial charge in [0, 0.05) is 25.6 Å². The lowest BCUT2D eigenvalue weighted by atomic mass is 9.68. The number of rotatable bonds is 6. The molecule has 110 valence electrons. The Balaban J connectivity index is 1.81. The number of hydrogen-bond acceptors (Lipinski definition) is 2. The molecule has 1 amide bonds. The zero-order valence-corrected chi connectivity index (χ0v) is 13.0. The van der Waals surface area contributed by atoms with Gasteiger partial charge in [-0.2, -0.15) is 0 Å². The van der Waals surface area contributed by atoms with Crippen molar-refractivity contribution in [3.05, 3.63) is 0 Å². The van der Waals surface area contributed by atoms with Crippen molar-refractivity contribution in [3.8, 4) is 0 Å². The topological polar surface area (TPSA) is 41.1 Å². The van der Waals surface area contributed by atoms with E-state index in [1.807, 2.05) is 0 Å². The van der Waals surface area contributed by atoms with E-state index in [0.717, 1.165) is 25.4 Å². The molecule has 0 saturated heterocycles. The molecule has 0 spiro atoms. The fourth-order valence-electron chi connectivity index (χ4n) is 4.49. The van der Waals surface area contributed by atoms with Crippen molar-refractivity contribution in [2.45, 2.75) is 65.8 Å². The van der Waals surface area contributed by atoms with Gasteiger partial charge < -0.3 is 10.6 Å². The molecule has 0 aromatic carbocycles. The Bertz CT molecular complexity index is 335.